The Morgan fingerprint density at radius 1 is 1.25 bits per heavy atom. The molecule has 1 rings (SSSR count). The molecule has 0 radical (unpaired) electrons. The lowest BCUT2D eigenvalue weighted by atomic mass is 9.97. The Labute approximate surface area is 120 Å². The lowest BCUT2D eigenvalue weighted by Gasteiger charge is -2.32. The molecule has 0 bridgehead atoms. The SMILES string of the molecule is CCCCN(CCO)CC(=O)N1CCC(C(=O)O)CC1. The van der Waals surface area contributed by atoms with Crippen molar-refractivity contribution in [3.63, 3.8) is 0 Å². The minimum atomic E-state index is -0.762. The van der Waals surface area contributed by atoms with Crippen LogP contribution in [0.25, 0.3) is 0 Å². The van der Waals surface area contributed by atoms with E-state index in [1.165, 1.54) is 0 Å². The molecule has 0 unspecified atom stereocenters. The zero-order chi connectivity index (χ0) is 15.0. The van der Waals surface area contributed by atoms with E-state index in [1.807, 2.05) is 4.90 Å². The molecule has 0 aromatic heterocycles. The van der Waals surface area contributed by atoms with Crippen LogP contribution in [0.3, 0.4) is 0 Å². The van der Waals surface area contributed by atoms with E-state index in [0.29, 0.717) is 39.0 Å². The van der Waals surface area contributed by atoms with Crippen molar-refractivity contribution in [2.45, 2.75) is 32.6 Å². The first kappa shape index (κ1) is 16.9. The van der Waals surface area contributed by atoms with Gasteiger partial charge in [0.15, 0.2) is 0 Å². The van der Waals surface area contributed by atoms with Crippen LogP contribution in [0.15, 0.2) is 0 Å². The molecule has 1 amide bonds. The second-order valence-electron chi connectivity index (χ2n) is 5.35. The van der Waals surface area contributed by atoms with Gasteiger partial charge in [-0.1, -0.05) is 13.3 Å². The summed E-state index contributed by atoms with van der Waals surface area (Å²) in [5, 5.41) is 18.0. The number of carbonyl (C=O) groups excluding carboxylic acids is 1. The number of piperidine rings is 1. The van der Waals surface area contributed by atoms with Crippen molar-refractivity contribution >= 4 is 11.9 Å². The fraction of sp³-hybridized carbons (Fsp3) is 0.857. The molecule has 0 atom stereocenters. The van der Waals surface area contributed by atoms with Gasteiger partial charge in [-0.25, -0.2) is 0 Å². The van der Waals surface area contributed by atoms with Gasteiger partial charge in [0.1, 0.15) is 0 Å². The number of aliphatic carboxylic acids is 1. The Balaban J connectivity index is 2.39. The first-order valence-corrected chi connectivity index (χ1v) is 7.42. The lowest BCUT2D eigenvalue weighted by Crippen LogP contribution is -2.45. The molecule has 1 heterocycles. The number of hydrogen-bond acceptors (Lipinski definition) is 4. The number of nitrogens with zero attached hydrogens (tertiary/aromatic N) is 2. The van der Waals surface area contributed by atoms with Gasteiger partial charge in [-0.15, -0.1) is 0 Å². The number of unbranched alkanes of at least 4 members (excludes halogenated alkanes) is 1. The molecule has 1 saturated heterocycles. The van der Waals surface area contributed by atoms with Gasteiger partial charge in [0, 0.05) is 19.6 Å². The van der Waals surface area contributed by atoms with Crippen molar-refractivity contribution in [2.24, 2.45) is 5.92 Å². The zero-order valence-corrected chi connectivity index (χ0v) is 12.3. The number of likely N-dealkylation sites (tertiary alicyclic amines) is 1. The third-order valence-electron chi connectivity index (χ3n) is 3.80. The summed E-state index contributed by atoms with van der Waals surface area (Å²) in [7, 11) is 0. The Morgan fingerprint density at radius 2 is 1.90 bits per heavy atom. The average Bonchev–Trinajstić information content (AvgIpc) is 2.45. The topological polar surface area (TPSA) is 81.1 Å². The fourth-order valence-corrected chi connectivity index (χ4v) is 2.46. The highest BCUT2D eigenvalue weighted by molar-refractivity contribution is 5.79. The van der Waals surface area contributed by atoms with Crippen molar-refractivity contribution in [1.82, 2.24) is 9.80 Å². The Kier molecular flexibility index (Phi) is 7.54. The highest BCUT2D eigenvalue weighted by Crippen LogP contribution is 2.17. The van der Waals surface area contributed by atoms with Crippen LogP contribution < -0.4 is 0 Å². The number of aliphatic hydroxyl groups excluding tert-OH is 1. The number of amides is 1. The van der Waals surface area contributed by atoms with E-state index in [2.05, 4.69) is 6.92 Å². The molecule has 20 heavy (non-hydrogen) atoms. The molecule has 0 saturated carbocycles. The summed E-state index contributed by atoms with van der Waals surface area (Å²) in [5.74, 6) is -1.03. The largest absolute Gasteiger partial charge is 0.481 e. The maximum absolute atomic E-state index is 12.2. The first-order chi connectivity index (χ1) is 9.58. The average molecular weight is 286 g/mol. The third-order valence-corrected chi connectivity index (χ3v) is 3.80. The number of carboxylic acid groups (broad SMARTS) is 1. The molecule has 6 nitrogen and oxygen atoms in total. The second kappa shape index (κ2) is 8.92. The van der Waals surface area contributed by atoms with Gasteiger partial charge in [-0.3, -0.25) is 14.5 Å². The van der Waals surface area contributed by atoms with E-state index in [9.17, 15) is 9.59 Å². The molecule has 6 heteroatoms. The van der Waals surface area contributed by atoms with Gasteiger partial charge in [0.2, 0.25) is 5.91 Å². The van der Waals surface area contributed by atoms with Gasteiger partial charge >= 0.3 is 5.97 Å². The molecular formula is C14H26N2O4. The number of carbonyl (C=O) groups is 2. The Bertz CT molecular complexity index is 314. The normalized spacial score (nSPS) is 16.6. The quantitative estimate of drug-likeness (QED) is 0.675. The van der Waals surface area contributed by atoms with Gasteiger partial charge in [-0.2, -0.15) is 0 Å². The molecular weight excluding hydrogens is 260 g/mol. The first-order valence-electron chi connectivity index (χ1n) is 7.42. The third kappa shape index (κ3) is 5.46. The van der Waals surface area contributed by atoms with Crippen LogP contribution in [-0.4, -0.2) is 71.2 Å². The second-order valence-corrected chi connectivity index (χ2v) is 5.35. The number of hydrogen-bond donors (Lipinski definition) is 2. The highest BCUT2D eigenvalue weighted by atomic mass is 16.4. The molecule has 0 aromatic rings. The van der Waals surface area contributed by atoms with Gasteiger partial charge < -0.3 is 15.1 Å². The summed E-state index contributed by atoms with van der Waals surface area (Å²) in [6.45, 7) is 4.84. The van der Waals surface area contributed by atoms with Crippen LogP contribution in [0.1, 0.15) is 32.6 Å². The smallest absolute Gasteiger partial charge is 0.306 e. The summed E-state index contributed by atoms with van der Waals surface area (Å²) in [6, 6.07) is 0. The van der Waals surface area contributed by atoms with E-state index in [0.717, 1.165) is 19.4 Å². The summed E-state index contributed by atoms with van der Waals surface area (Å²) < 4.78 is 0. The van der Waals surface area contributed by atoms with Crippen LogP contribution in [0, 0.1) is 5.92 Å². The number of aliphatic hydroxyl groups is 1. The van der Waals surface area contributed by atoms with Crippen molar-refractivity contribution in [1.29, 1.82) is 0 Å². The Hall–Kier alpha value is -1.14. The van der Waals surface area contributed by atoms with Crippen molar-refractivity contribution in [3.05, 3.63) is 0 Å². The summed E-state index contributed by atoms with van der Waals surface area (Å²) in [5.41, 5.74) is 0. The van der Waals surface area contributed by atoms with Gasteiger partial charge in [0.05, 0.1) is 19.1 Å². The van der Waals surface area contributed by atoms with E-state index >= 15 is 0 Å². The number of carboxylic acids is 1. The number of rotatable bonds is 8. The van der Waals surface area contributed by atoms with Crippen LogP contribution >= 0.6 is 0 Å². The molecule has 1 aliphatic heterocycles. The van der Waals surface area contributed by atoms with E-state index in [1.54, 1.807) is 4.90 Å². The fourth-order valence-electron chi connectivity index (χ4n) is 2.46. The standard InChI is InChI=1S/C14H26N2O4/c1-2-3-6-15(9-10-17)11-13(18)16-7-4-12(5-8-16)14(19)20/h12,17H,2-11H2,1H3,(H,19,20). The molecule has 0 aliphatic carbocycles. The minimum Gasteiger partial charge on any atom is -0.481 e. The van der Waals surface area contributed by atoms with Crippen molar-refractivity contribution in [3.8, 4) is 0 Å². The minimum absolute atomic E-state index is 0.0402. The van der Waals surface area contributed by atoms with Crippen molar-refractivity contribution < 1.29 is 19.8 Å². The molecule has 2 N–H and O–H groups in total. The van der Waals surface area contributed by atoms with Crippen LogP contribution in [-0.2, 0) is 9.59 Å². The Morgan fingerprint density at radius 3 is 2.40 bits per heavy atom. The van der Waals surface area contributed by atoms with E-state index in [-0.39, 0.29) is 18.4 Å². The predicted octanol–water partition coefficient (Wildman–Crippen LogP) is 0.404. The monoisotopic (exact) mass is 286 g/mol. The highest BCUT2D eigenvalue weighted by Gasteiger charge is 2.27. The zero-order valence-electron chi connectivity index (χ0n) is 12.3. The van der Waals surface area contributed by atoms with Crippen LogP contribution in [0.4, 0.5) is 0 Å². The maximum Gasteiger partial charge on any atom is 0.306 e. The molecule has 116 valence electrons. The van der Waals surface area contributed by atoms with Crippen LogP contribution in [0.5, 0.6) is 0 Å². The van der Waals surface area contributed by atoms with Crippen molar-refractivity contribution in [2.75, 3.05) is 39.3 Å². The maximum atomic E-state index is 12.2. The van der Waals surface area contributed by atoms with E-state index < -0.39 is 5.97 Å². The molecule has 0 aromatic carbocycles. The lowest BCUT2D eigenvalue weighted by molar-refractivity contribution is -0.146. The summed E-state index contributed by atoms with van der Waals surface area (Å²) in [4.78, 5) is 26.8. The summed E-state index contributed by atoms with van der Waals surface area (Å²) >= 11 is 0. The molecule has 1 aliphatic rings. The summed E-state index contributed by atoms with van der Waals surface area (Å²) in [6.07, 6.45) is 3.14. The van der Waals surface area contributed by atoms with Gasteiger partial charge in [0.25, 0.3) is 0 Å². The van der Waals surface area contributed by atoms with Crippen LogP contribution in [0.2, 0.25) is 0 Å². The predicted molar refractivity (Wildman–Crippen MR) is 75.4 cm³/mol. The molecule has 0 spiro atoms. The van der Waals surface area contributed by atoms with Gasteiger partial charge in [-0.05, 0) is 25.8 Å². The molecule has 1 fully saturated rings. The van der Waals surface area contributed by atoms with E-state index in [4.69, 9.17) is 10.2 Å².